The van der Waals surface area contributed by atoms with Gasteiger partial charge in [-0.2, -0.15) is 0 Å². The number of methoxy groups -OCH3 is 1. The summed E-state index contributed by atoms with van der Waals surface area (Å²) in [7, 11) is 1.64. The van der Waals surface area contributed by atoms with Crippen LogP contribution in [-0.4, -0.2) is 12.3 Å². The van der Waals surface area contributed by atoms with E-state index in [1.54, 1.807) is 18.4 Å². The van der Waals surface area contributed by atoms with E-state index in [9.17, 15) is 0 Å². The van der Waals surface area contributed by atoms with Crippen LogP contribution in [0.3, 0.4) is 0 Å². The molecule has 0 aliphatic rings. The van der Waals surface area contributed by atoms with Gasteiger partial charge in [-0.15, -0.1) is 11.3 Å². The Kier molecular flexibility index (Phi) is 3.66. The molecule has 108 valence electrons. The Bertz CT molecular complexity index is 761. The van der Waals surface area contributed by atoms with E-state index in [1.807, 2.05) is 24.3 Å². The number of aryl methyl sites for hydroxylation is 1. The highest BCUT2D eigenvalue weighted by Gasteiger charge is 2.22. The van der Waals surface area contributed by atoms with Crippen LogP contribution in [0.1, 0.15) is 12.5 Å². The third kappa shape index (κ3) is 2.29. The molecule has 0 aliphatic heterocycles. The monoisotopic (exact) mass is 300 g/mol. The van der Waals surface area contributed by atoms with Crippen molar-refractivity contribution in [3.63, 3.8) is 0 Å². The fourth-order valence-electron chi connectivity index (χ4n) is 2.38. The van der Waals surface area contributed by atoms with Gasteiger partial charge in [0.15, 0.2) is 11.6 Å². The lowest BCUT2D eigenvalue weighted by molar-refractivity contribution is 0.416. The molecule has 0 amide bonds. The molecule has 0 radical (unpaired) electrons. The number of thiophene rings is 1. The average Bonchev–Trinajstić information content (AvgIpc) is 3.12. The summed E-state index contributed by atoms with van der Waals surface area (Å²) >= 11 is 1.63. The number of para-hydroxylation sites is 1. The maximum atomic E-state index is 6.04. The zero-order valence-corrected chi connectivity index (χ0v) is 12.7. The van der Waals surface area contributed by atoms with Crippen molar-refractivity contribution in [1.29, 1.82) is 0 Å². The van der Waals surface area contributed by atoms with Crippen LogP contribution in [0.15, 0.2) is 40.2 Å². The quantitative estimate of drug-likeness (QED) is 0.783. The third-order valence-electron chi connectivity index (χ3n) is 3.43. The summed E-state index contributed by atoms with van der Waals surface area (Å²) in [5, 5.41) is 6.01. The maximum absolute atomic E-state index is 6.04. The van der Waals surface area contributed by atoms with Gasteiger partial charge in [0.25, 0.3) is 0 Å². The van der Waals surface area contributed by atoms with Gasteiger partial charge in [0.2, 0.25) is 0 Å². The Morgan fingerprint density at radius 1 is 1.29 bits per heavy atom. The van der Waals surface area contributed by atoms with Crippen LogP contribution in [0.5, 0.6) is 5.75 Å². The van der Waals surface area contributed by atoms with Crippen molar-refractivity contribution in [3.8, 4) is 27.5 Å². The number of rotatable bonds is 4. The Balaban J connectivity index is 2.23. The first-order chi connectivity index (χ1) is 10.3. The van der Waals surface area contributed by atoms with Gasteiger partial charge in [-0.05, 0) is 29.5 Å². The van der Waals surface area contributed by atoms with Gasteiger partial charge in [0.1, 0.15) is 5.75 Å². The molecule has 3 rings (SSSR count). The topological polar surface area (TPSA) is 61.3 Å². The van der Waals surface area contributed by atoms with E-state index in [1.165, 1.54) is 5.56 Å². The van der Waals surface area contributed by atoms with Crippen LogP contribution < -0.4 is 10.5 Å². The molecular formula is C16H16N2O2S. The molecule has 0 atom stereocenters. The summed E-state index contributed by atoms with van der Waals surface area (Å²) in [4.78, 5) is 1.07. The van der Waals surface area contributed by atoms with E-state index in [0.29, 0.717) is 11.6 Å². The van der Waals surface area contributed by atoms with Gasteiger partial charge in [0, 0.05) is 5.56 Å². The first-order valence-electron chi connectivity index (χ1n) is 6.71. The van der Waals surface area contributed by atoms with Crippen LogP contribution >= 0.6 is 11.3 Å². The summed E-state index contributed by atoms with van der Waals surface area (Å²) in [6.07, 6.45) is 0.935. The highest BCUT2D eigenvalue weighted by Crippen LogP contribution is 2.43. The second-order valence-corrected chi connectivity index (χ2v) is 5.52. The number of nitrogen functional groups attached to an aromatic ring is 1. The first-order valence-corrected chi connectivity index (χ1v) is 7.59. The lowest BCUT2D eigenvalue weighted by atomic mass is 10.0. The van der Waals surface area contributed by atoms with Crippen molar-refractivity contribution in [2.75, 3.05) is 12.8 Å². The van der Waals surface area contributed by atoms with Crippen molar-refractivity contribution in [2.45, 2.75) is 13.3 Å². The molecule has 0 spiro atoms. The van der Waals surface area contributed by atoms with Crippen molar-refractivity contribution in [3.05, 3.63) is 41.3 Å². The highest BCUT2D eigenvalue weighted by atomic mass is 32.1. The number of nitrogens with zero attached hydrogens (tertiary/aromatic N) is 1. The molecule has 3 aromatic rings. The Labute approximate surface area is 127 Å². The number of ether oxygens (including phenoxy) is 1. The molecule has 0 aliphatic carbocycles. The fraction of sp³-hybridized carbons (Fsp3) is 0.188. The minimum Gasteiger partial charge on any atom is -0.496 e. The van der Waals surface area contributed by atoms with Crippen LogP contribution in [0.25, 0.3) is 21.8 Å². The lowest BCUT2D eigenvalue weighted by Crippen LogP contribution is -1.92. The molecule has 2 heterocycles. The van der Waals surface area contributed by atoms with Crippen LogP contribution in [0, 0.1) is 0 Å². The minimum absolute atomic E-state index is 0.380. The molecule has 2 N–H and O–H groups in total. The molecule has 1 aromatic carbocycles. The maximum Gasteiger partial charge on any atom is 0.187 e. The number of benzene rings is 1. The predicted octanol–water partition coefficient (Wildman–Crippen LogP) is 4.22. The number of nitrogens with two attached hydrogens (primary N) is 1. The summed E-state index contributed by atoms with van der Waals surface area (Å²) in [6, 6.07) is 9.84. The highest BCUT2D eigenvalue weighted by molar-refractivity contribution is 7.13. The molecular weight excluding hydrogens is 284 g/mol. The van der Waals surface area contributed by atoms with E-state index in [4.69, 9.17) is 15.0 Å². The Hall–Kier alpha value is -2.27. The third-order valence-corrected chi connectivity index (χ3v) is 4.38. The van der Waals surface area contributed by atoms with Crippen molar-refractivity contribution in [2.24, 2.45) is 0 Å². The lowest BCUT2D eigenvalue weighted by Gasteiger charge is -2.08. The van der Waals surface area contributed by atoms with Crippen LogP contribution in [0.4, 0.5) is 5.82 Å². The molecule has 0 bridgehead atoms. The van der Waals surface area contributed by atoms with E-state index in [0.717, 1.165) is 28.2 Å². The first kappa shape index (κ1) is 13.7. The summed E-state index contributed by atoms with van der Waals surface area (Å²) < 4.78 is 10.9. The van der Waals surface area contributed by atoms with E-state index in [2.05, 4.69) is 23.5 Å². The SMILES string of the molecule is CCc1ccsc1-c1onc(N)c1-c1ccccc1OC. The summed E-state index contributed by atoms with van der Waals surface area (Å²) in [5.41, 5.74) is 8.96. The zero-order valence-electron chi connectivity index (χ0n) is 11.9. The number of anilines is 1. The van der Waals surface area contributed by atoms with Crippen LogP contribution in [-0.2, 0) is 6.42 Å². The molecule has 0 saturated heterocycles. The molecule has 0 unspecified atom stereocenters. The van der Waals surface area contributed by atoms with Crippen molar-refractivity contribution in [1.82, 2.24) is 5.16 Å². The zero-order chi connectivity index (χ0) is 14.8. The minimum atomic E-state index is 0.380. The van der Waals surface area contributed by atoms with Crippen molar-refractivity contribution >= 4 is 17.2 Å². The van der Waals surface area contributed by atoms with Gasteiger partial charge in [-0.3, -0.25) is 0 Å². The summed E-state index contributed by atoms with van der Waals surface area (Å²) in [5.74, 6) is 1.84. The van der Waals surface area contributed by atoms with E-state index >= 15 is 0 Å². The standard InChI is InChI=1S/C16H16N2O2S/c1-3-10-8-9-21-15(10)14-13(16(17)18-20-14)11-6-4-5-7-12(11)19-2/h4-9H,3H2,1-2H3,(H2,17,18). The summed E-state index contributed by atoms with van der Waals surface area (Å²) in [6.45, 7) is 2.12. The predicted molar refractivity (Wildman–Crippen MR) is 85.6 cm³/mol. The Morgan fingerprint density at radius 3 is 2.86 bits per heavy atom. The molecule has 0 fully saturated rings. The van der Waals surface area contributed by atoms with Gasteiger partial charge >= 0.3 is 0 Å². The molecule has 2 aromatic heterocycles. The smallest absolute Gasteiger partial charge is 0.187 e. The van der Waals surface area contributed by atoms with E-state index < -0.39 is 0 Å². The largest absolute Gasteiger partial charge is 0.496 e. The van der Waals surface area contributed by atoms with Crippen molar-refractivity contribution < 1.29 is 9.26 Å². The van der Waals surface area contributed by atoms with Gasteiger partial charge in [0.05, 0.1) is 17.6 Å². The molecule has 21 heavy (non-hydrogen) atoms. The molecule has 0 saturated carbocycles. The second kappa shape index (κ2) is 5.61. The number of hydrogen-bond donors (Lipinski definition) is 1. The normalized spacial score (nSPS) is 10.8. The number of hydrogen-bond acceptors (Lipinski definition) is 5. The van der Waals surface area contributed by atoms with Gasteiger partial charge in [-0.25, -0.2) is 0 Å². The van der Waals surface area contributed by atoms with Gasteiger partial charge in [-0.1, -0.05) is 30.3 Å². The van der Waals surface area contributed by atoms with Gasteiger partial charge < -0.3 is 15.0 Å². The number of aromatic nitrogens is 1. The molecule has 5 heteroatoms. The molecule has 4 nitrogen and oxygen atoms in total. The Morgan fingerprint density at radius 2 is 2.10 bits per heavy atom. The average molecular weight is 300 g/mol. The fourth-order valence-corrected chi connectivity index (χ4v) is 3.36. The van der Waals surface area contributed by atoms with Crippen LogP contribution in [0.2, 0.25) is 0 Å². The second-order valence-electron chi connectivity index (χ2n) is 4.60. The van der Waals surface area contributed by atoms with E-state index in [-0.39, 0.29) is 0 Å².